The second kappa shape index (κ2) is 9.81. The number of halogens is 2. The van der Waals surface area contributed by atoms with Crippen LogP contribution in [-0.2, 0) is 22.6 Å². The molecule has 0 saturated carbocycles. The quantitative estimate of drug-likeness (QED) is 0.372. The van der Waals surface area contributed by atoms with Gasteiger partial charge in [-0.25, -0.2) is 4.39 Å². The molecule has 30 heavy (non-hydrogen) atoms. The predicted molar refractivity (Wildman–Crippen MR) is 117 cm³/mol. The highest BCUT2D eigenvalue weighted by Crippen LogP contribution is 2.30. The van der Waals surface area contributed by atoms with Crippen LogP contribution in [0.15, 0.2) is 41.1 Å². The third kappa shape index (κ3) is 5.03. The molecule has 2 aromatic carbocycles. The molecule has 3 aromatic rings. The summed E-state index contributed by atoms with van der Waals surface area (Å²) in [6.07, 6.45) is 2.66. The van der Waals surface area contributed by atoms with E-state index < -0.39 is 0 Å². The molecule has 0 aliphatic rings. The smallest absolute Gasteiger partial charge is 0.306 e. The molecule has 0 N–H and O–H groups in total. The average Bonchev–Trinajstić information content (AvgIpc) is 3.11. The van der Waals surface area contributed by atoms with Crippen molar-refractivity contribution in [2.24, 2.45) is 0 Å². The normalized spacial score (nSPS) is 11.4. The van der Waals surface area contributed by atoms with Crippen molar-refractivity contribution < 1.29 is 23.1 Å². The van der Waals surface area contributed by atoms with Gasteiger partial charge in [-0.05, 0) is 68.1 Å². The maximum absolute atomic E-state index is 12.5. The van der Waals surface area contributed by atoms with Crippen LogP contribution in [0.4, 0.5) is 4.39 Å². The number of furan rings is 1. The fraction of sp³-hybridized carbons (Fsp3) is 0.292. The van der Waals surface area contributed by atoms with Crippen molar-refractivity contribution in [3.05, 3.63) is 69.7 Å². The van der Waals surface area contributed by atoms with Gasteiger partial charge in [0.2, 0.25) is 0 Å². The van der Waals surface area contributed by atoms with Crippen LogP contribution in [0.25, 0.3) is 17.0 Å². The molecule has 0 atom stereocenters. The van der Waals surface area contributed by atoms with Gasteiger partial charge >= 0.3 is 5.97 Å². The summed E-state index contributed by atoms with van der Waals surface area (Å²) >= 11 is 6.22. The molecule has 0 fully saturated rings. The monoisotopic (exact) mass is 430 g/mol. The molecule has 3 rings (SSSR count). The van der Waals surface area contributed by atoms with Gasteiger partial charge in [-0.1, -0.05) is 17.7 Å². The Morgan fingerprint density at radius 1 is 1.17 bits per heavy atom. The minimum Gasteiger partial charge on any atom is -0.488 e. The SMILES string of the molecule is CCOC(=O)CCc1ccc(OCc2cc(Cl)cc3cc(C=CF)oc23)c(C)c1C. The molecule has 0 aliphatic heterocycles. The van der Waals surface area contributed by atoms with E-state index in [-0.39, 0.29) is 12.6 Å². The van der Waals surface area contributed by atoms with Crippen molar-refractivity contribution >= 4 is 34.6 Å². The van der Waals surface area contributed by atoms with Gasteiger partial charge in [0.05, 0.1) is 12.9 Å². The standard InChI is InChI=1S/C24H24ClFO4/c1-4-28-23(27)8-6-17-5-7-22(16(3)15(17)2)29-14-19-12-20(25)11-18-13-21(9-10-26)30-24(18)19/h5,7,9-13H,4,6,8,14H2,1-3H3. The maximum atomic E-state index is 12.5. The molecule has 1 aromatic heterocycles. The van der Waals surface area contributed by atoms with E-state index in [2.05, 4.69) is 0 Å². The number of fused-ring (bicyclic) bond motifs is 1. The Morgan fingerprint density at radius 3 is 2.70 bits per heavy atom. The number of hydrogen-bond donors (Lipinski definition) is 0. The Morgan fingerprint density at radius 2 is 1.97 bits per heavy atom. The van der Waals surface area contributed by atoms with Crippen molar-refractivity contribution in [1.29, 1.82) is 0 Å². The van der Waals surface area contributed by atoms with Crippen LogP contribution >= 0.6 is 11.6 Å². The molecule has 0 saturated heterocycles. The maximum Gasteiger partial charge on any atom is 0.306 e. The number of hydrogen-bond acceptors (Lipinski definition) is 4. The predicted octanol–water partition coefficient (Wildman–Crippen LogP) is 6.72. The summed E-state index contributed by atoms with van der Waals surface area (Å²) in [5.74, 6) is 0.963. The number of carbonyl (C=O) groups excluding carboxylic acids is 1. The van der Waals surface area contributed by atoms with Gasteiger partial charge in [-0.15, -0.1) is 0 Å². The number of ether oxygens (including phenoxy) is 2. The second-order valence-electron chi connectivity index (χ2n) is 6.99. The van der Waals surface area contributed by atoms with Crippen LogP contribution in [0.3, 0.4) is 0 Å². The third-order valence-electron chi connectivity index (χ3n) is 5.04. The topological polar surface area (TPSA) is 48.7 Å². The van der Waals surface area contributed by atoms with Gasteiger partial charge < -0.3 is 13.9 Å². The Balaban J connectivity index is 1.77. The van der Waals surface area contributed by atoms with Crippen molar-refractivity contribution in [2.45, 2.75) is 40.2 Å². The molecule has 0 spiro atoms. The molecule has 6 heteroatoms. The fourth-order valence-electron chi connectivity index (χ4n) is 3.36. The minimum absolute atomic E-state index is 0.194. The number of carbonyl (C=O) groups is 1. The van der Waals surface area contributed by atoms with Crippen molar-refractivity contribution in [1.82, 2.24) is 0 Å². The highest BCUT2D eigenvalue weighted by Gasteiger charge is 2.13. The lowest BCUT2D eigenvalue weighted by molar-refractivity contribution is -0.143. The van der Waals surface area contributed by atoms with Crippen molar-refractivity contribution in [3.63, 3.8) is 0 Å². The Hall–Kier alpha value is -2.79. The molecule has 0 radical (unpaired) electrons. The van der Waals surface area contributed by atoms with Crippen LogP contribution in [0.5, 0.6) is 5.75 Å². The highest BCUT2D eigenvalue weighted by atomic mass is 35.5. The Bertz CT molecular complexity index is 1080. The highest BCUT2D eigenvalue weighted by molar-refractivity contribution is 6.31. The molecule has 0 bridgehead atoms. The molecule has 0 unspecified atom stereocenters. The first-order valence-corrected chi connectivity index (χ1v) is 10.2. The Kier molecular flexibility index (Phi) is 7.16. The van der Waals surface area contributed by atoms with E-state index in [1.54, 1.807) is 25.1 Å². The first-order valence-electron chi connectivity index (χ1n) is 9.79. The van der Waals surface area contributed by atoms with Crippen LogP contribution < -0.4 is 4.74 Å². The zero-order valence-corrected chi connectivity index (χ0v) is 18.0. The summed E-state index contributed by atoms with van der Waals surface area (Å²) in [5, 5.41) is 1.34. The van der Waals surface area contributed by atoms with E-state index in [1.165, 1.54) is 6.08 Å². The summed E-state index contributed by atoms with van der Waals surface area (Å²) in [7, 11) is 0. The summed E-state index contributed by atoms with van der Waals surface area (Å²) < 4.78 is 29.3. The summed E-state index contributed by atoms with van der Waals surface area (Å²) in [6, 6.07) is 9.17. The third-order valence-corrected chi connectivity index (χ3v) is 5.26. The van der Waals surface area contributed by atoms with Gasteiger partial charge in [-0.3, -0.25) is 4.79 Å². The largest absolute Gasteiger partial charge is 0.488 e. The van der Waals surface area contributed by atoms with Gasteiger partial charge in [0.15, 0.2) is 0 Å². The Labute approximate surface area is 180 Å². The van der Waals surface area contributed by atoms with Gasteiger partial charge in [0, 0.05) is 28.5 Å². The number of aryl methyl sites for hydroxylation is 1. The van der Waals surface area contributed by atoms with E-state index in [0.29, 0.717) is 42.1 Å². The molecule has 0 amide bonds. The van der Waals surface area contributed by atoms with Gasteiger partial charge in [0.25, 0.3) is 0 Å². The lowest BCUT2D eigenvalue weighted by Crippen LogP contribution is -2.06. The minimum atomic E-state index is -0.194. The summed E-state index contributed by atoms with van der Waals surface area (Å²) in [4.78, 5) is 11.6. The fourth-order valence-corrected chi connectivity index (χ4v) is 3.61. The number of rotatable bonds is 8. The van der Waals surface area contributed by atoms with E-state index >= 15 is 0 Å². The summed E-state index contributed by atoms with van der Waals surface area (Å²) in [6.45, 7) is 6.45. The summed E-state index contributed by atoms with van der Waals surface area (Å²) in [5.41, 5.74) is 4.58. The lowest BCUT2D eigenvalue weighted by Gasteiger charge is -2.15. The first-order chi connectivity index (χ1) is 14.4. The molecule has 0 aliphatic carbocycles. The van der Waals surface area contributed by atoms with Crippen molar-refractivity contribution in [3.8, 4) is 5.75 Å². The van der Waals surface area contributed by atoms with Crippen LogP contribution in [0.2, 0.25) is 5.02 Å². The zero-order valence-electron chi connectivity index (χ0n) is 17.3. The molecule has 4 nitrogen and oxygen atoms in total. The zero-order chi connectivity index (χ0) is 21.7. The van der Waals surface area contributed by atoms with E-state index in [4.69, 9.17) is 25.5 Å². The molecular weight excluding hydrogens is 407 g/mol. The number of esters is 1. The first kappa shape index (κ1) is 21.9. The van der Waals surface area contributed by atoms with E-state index in [9.17, 15) is 9.18 Å². The average molecular weight is 431 g/mol. The second-order valence-corrected chi connectivity index (χ2v) is 7.43. The van der Waals surface area contributed by atoms with Gasteiger partial charge in [-0.2, -0.15) is 0 Å². The van der Waals surface area contributed by atoms with Gasteiger partial charge in [0.1, 0.15) is 23.7 Å². The van der Waals surface area contributed by atoms with Crippen LogP contribution in [0.1, 0.15) is 41.4 Å². The van der Waals surface area contributed by atoms with Crippen LogP contribution in [-0.4, -0.2) is 12.6 Å². The lowest BCUT2D eigenvalue weighted by atomic mass is 9.99. The van der Waals surface area contributed by atoms with Crippen LogP contribution in [0, 0.1) is 13.8 Å². The molecule has 1 heterocycles. The number of benzene rings is 2. The van der Waals surface area contributed by atoms with E-state index in [1.807, 2.05) is 26.0 Å². The van der Waals surface area contributed by atoms with Crippen molar-refractivity contribution in [2.75, 3.05) is 6.61 Å². The molecular formula is C24H24ClFO4. The molecule has 158 valence electrons. The van der Waals surface area contributed by atoms with E-state index in [0.717, 1.165) is 33.4 Å².